The molecule has 0 fully saturated rings. The second-order valence-electron chi connectivity index (χ2n) is 4.49. The summed E-state index contributed by atoms with van der Waals surface area (Å²) in [5.41, 5.74) is 0.824. The zero-order valence-corrected chi connectivity index (χ0v) is 12.0. The van der Waals surface area contributed by atoms with E-state index in [1.165, 1.54) is 0 Å². The van der Waals surface area contributed by atoms with E-state index in [4.69, 9.17) is 0 Å². The number of hydrogen-bond acceptors (Lipinski definition) is 3. The molecule has 20 heavy (non-hydrogen) atoms. The number of rotatable bonds is 5. The number of phenolic OH excluding ortho intramolecular Hbond substituents is 1. The van der Waals surface area contributed by atoms with Crippen molar-refractivity contribution in [3.05, 3.63) is 60.2 Å². The van der Waals surface area contributed by atoms with E-state index in [-0.39, 0.29) is 16.7 Å². The molecule has 0 aliphatic rings. The van der Waals surface area contributed by atoms with Gasteiger partial charge in [0.15, 0.2) is 0 Å². The summed E-state index contributed by atoms with van der Waals surface area (Å²) in [4.78, 5) is 0.247. The molecule has 2 N–H and O–H groups in total. The van der Waals surface area contributed by atoms with Crippen LogP contribution in [-0.2, 0) is 10.0 Å². The van der Waals surface area contributed by atoms with Crippen LogP contribution >= 0.6 is 0 Å². The van der Waals surface area contributed by atoms with E-state index in [1.54, 1.807) is 54.6 Å². The summed E-state index contributed by atoms with van der Waals surface area (Å²) in [7, 11) is -3.54. The molecule has 0 saturated carbocycles. The minimum absolute atomic E-state index is 0.162. The molecule has 2 aromatic carbocycles. The van der Waals surface area contributed by atoms with Crippen LogP contribution in [0.1, 0.15) is 24.9 Å². The number of hydrogen-bond donors (Lipinski definition) is 2. The first-order valence-corrected chi connectivity index (χ1v) is 7.87. The van der Waals surface area contributed by atoms with Crippen LogP contribution in [0.2, 0.25) is 0 Å². The van der Waals surface area contributed by atoms with Gasteiger partial charge < -0.3 is 5.11 Å². The Morgan fingerprint density at radius 3 is 2.20 bits per heavy atom. The van der Waals surface area contributed by atoms with Crippen LogP contribution in [0.4, 0.5) is 0 Å². The summed E-state index contributed by atoms with van der Waals surface area (Å²) in [6.07, 6.45) is 0.622. The molecule has 0 saturated heterocycles. The second-order valence-corrected chi connectivity index (χ2v) is 6.20. The third kappa shape index (κ3) is 3.37. The van der Waals surface area contributed by atoms with Crippen molar-refractivity contribution in [2.45, 2.75) is 24.3 Å². The summed E-state index contributed by atoms with van der Waals surface area (Å²) in [6, 6.07) is 14.5. The van der Waals surface area contributed by atoms with Crippen molar-refractivity contribution in [1.82, 2.24) is 4.72 Å². The Kier molecular flexibility index (Phi) is 4.42. The van der Waals surface area contributed by atoms with Gasteiger partial charge in [0, 0.05) is 6.04 Å². The second kappa shape index (κ2) is 6.07. The normalized spacial score (nSPS) is 13.1. The Labute approximate surface area is 119 Å². The summed E-state index contributed by atoms with van der Waals surface area (Å²) in [6.45, 7) is 1.91. The van der Waals surface area contributed by atoms with Gasteiger partial charge in [0.25, 0.3) is 0 Å². The van der Waals surface area contributed by atoms with Crippen molar-refractivity contribution < 1.29 is 13.5 Å². The summed E-state index contributed by atoms with van der Waals surface area (Å²) < 4.78 is 27.2. The molecule has 4 nitrogen and oxygen atoms in total. The van der Waals surface area contributed by atoms with Crippen molar-refractivity contribution in [1.29, 1.82) is 0 Å². The van der Waals surface area contributed by atoms with Gasteiger partial charge in [-0.1, -0.05) is 37.3 Å². The van der Waals surface area contributed by atoms with Crippen molar-refractivity contribution in [3.8, 4) is 5.75 Å². The number of sulfonamides is 1. The van der Waals surface area contributed by atoms with E-state index < -0.39 is 10.0 Å². The van der Waals surface area contributed by atoms with E-state index in [0.717, 1.165) is 5.56 Å². The molecule has 0 heterocycles. The van der Waals surface area contributed by atoms with E-state index >= 15 is 0 Å². The predicted molar refractivity (Wildman–Crippen MR) is 77.9 cm³/mol. The zero-order valence-electron chi connectivity index (χ0n) is 11.2. The topological polar surface area (TPSA) is 66.4 Å². The molecule has 0 radical (unpaired) electrons. The zero-order chi connectivity index (χ0) is 14.6. The highest BCUT2D eigenvalue weighted by atomic mass is 32.2. The molecule has 0 aromatic heterocycles. The van der Waals surface area contributed by atoms with Crippen molar-refractivity contribution in [2.24, 2.45) is 0 Å². The fourth-order valence-corrected chi connectivity index (χ4v) is 3.28. The maximum absolute atomic E-state index is 12.3. The molecule has 0 spiro atoms. The van der Waals surface area contributed by atoms with Crippen molar-refractivity contribution in [2.75, 3.05) is 0 Å². The number of aromatic hydroxyl groups is 1. The Morgan fingerprint density at radius 2 is 1.65 bits per heavy atom. The monoisotopic (exact) mass is 291 g/mol. The lowest BCUT2D eigenvalue weighted by atomic mass is 10.1. The Balaban J connectivity index is 2.24. The lowest BCUT2D eigenvalue weighted by molar-refractivity contribution is 0.474. The minimum Gasteiger partial charge on any atom is -0.508 e. The van der Waals surface area contributed by atoms with Gasteiger partial charge in [0.05, 0.1) is 4.90 Å². The van der Waals surface area contributed by atoms with E-state index in [1.807, 2.05) is 6.92 Å². The van der Waals surface area contributed by atoms with E-state index in [2.05, 4.69) is 4.72 Å². The third-order valence-electron chi connectivity index (χ3n) is 3.05. The fraction of sp³-hybridized carbons (Fsp3) is 0.200. The van der Waals surface area contributed by atoms with Crippen LogP contribution in [-0.4, -0.2) is 13.5 Å². The maximum Gasteiger partial charge on any atom is 0.241 e. The summed E-state index contributed by atoms with van der Waals surface area (Å²) >= 11 is 0. The molecule has 106 valence electrons. The van der Waals surface area contributed by atoms with Crippen LogP contribution < -0.4 is 4.72 Å². The Bertz CT molecular complexity index is 651. The Morgan fingerprint density at radius 1 is 1.05 bits per heavy atom. The number of phenols is 1. The molecule has 1 unspecified atom stereocenters. The fourth-order valence-electron chi connectivity index (χ4n) is 1.95. The number of benzene rings is 2. The van der Waals surface area contributed by atoms with E-state index in [9.17, 15) is 13.5 Å². The Hall–Kier alpha value is -1.85. The highest BCUT2D eigenvalue weighted by molar-refractivity contribution is 7.89. The third-order valence-corrected chi connectivity index (χ3v) is 4.54. The highest BCUT2D eigenvalue weighted by Gasteiger charge is 2.19. The molecule has 0 bridgehead atoms. The van der Waals surface area contributed by atoms with Gasteiger partial charge in [-0.15, -0.1) is 0 Å². The van der Waals surface area contributed by atoms with Gasteiger partial charge in [0.2, 0.25) is 10.0 Å². The van der Waals surface area contributed by atoms with Crippen molar-refractivity contribution >= 4 is 10.0 Å². The van der Waals surface area contributed by atoms with Crippen molar-refractivity contribution in [3.63, 3.8) is 0 Å². The molecular formula is C15H17NO3S. The summed E-state index contributed by atoms with van der Waals surface area (Å²) in [5, 5.41) is 9.28. The van der Waals surface area contributed by atoms with Gasteiger partial charge in [-0.2, -0.15) is 0 Å². The van der Waals surface area contributed by atoms with Crippen LogP contribution in [0.25, 0.3) is 0 Å². The summed E-state index contributed by atoms with van der Waals surface area (Å²) in [5.74, 6) is 0.162. The maximum atomic E-state index is 12.3. The van der Waals surface area contributed by atoms with Crippen LogP contribution in [0, 0.1) is 0 Å². The van der Waals surface area contributed by atoms with Gasteiger partial charge in [-0.25, -0.2) is 13.1 Å². The minimum atomic E-state index is -3.54. The predicted octanol–water partition coefficient (Wildman–Crippen LogP) is 2.82. The van der Waals surface area contributed by atoms with Crippen LogP contribution in [0.3, 0.4) is 0 Å². The molecule has 0 aliphatic carbocycles. The molecule has 0 aliphatic heterocycles. The SMILES string of the molecule is CCC(NS(=O)(=O)c1ccccc1)c1ccc(O)cc1. The van der Waals surface area contributed by atoms with Gasteiger partial charge in [-0.3, -0.25) is 0 Å². The van der Waals surface area contributed by atoms with E-state index in [0.29, 0.717) is 6.42 Å². The van der Waals surface area contributed by atoms with Gasteiger partial charge in [0.1, 0.15) is 5.75 Å². The van der Waals surface area contributed by atoms with Gasteiger partial charge in [-0.05, 0) is 36.2 Å². The molecule has 5 heteroatoms. The van der Waals surface area contributed by atoms with Crippen LogP contribution in [0.15, 0.2) is 59.5 Å². The molecular weight excluding hydrogens is 274 g/mol. The first kappa shape index (κ1) is 14.6. The average molecular weight is 291 g/mol. The largest absolute Gasteiger partial charge is 0.508 e. The smallest absolute Gasteiger partial charge is 0.241 e. The highest BCUT2D eigenvalue weighted by Crippen LogP contribution is 2.22. The first-order chi connectivity index (χ1) is 9.53. The quantitative estimate of drug-likeness (QED) is 0.890. The van der Waals surface area contributed by atoms with Gasteiger partial charge >= 0.3 is 0 Å². The van der Waals surface area contributed by atoms with Crippen LogP contribution in [0.5, 0.6) is 5.75 Å². The first-order valence-electron chi connectivity index (χ1n) is 6.39. The molecule has 1 atom stereocenters. The standard InChI is InChI=1S/C15H17NO3S/c1-2-15(12-8-10-13(17)11-9-12)16-20(18,19)14-6-4-3-5-7-14/h3-11,15-17H,2H2,1H3. The average Bonchev–Trinajstić information content (AvgIpc) is 2.47. The molecule has 2 aromatic rings. The molecule has 0 amide bonds. The molecule has 2 rings (SSSR count). The lowest BCUT2D eigenvalue weighted by Crippen LogP contribution is -2.28. The number of nitrogens with one attached hydrogen (secondary N) is 1. The lowest BCUT2D eigenvalue weighted by Gasteiger charge is -2.17.